The molecule has 2 atom stereocenters. The Labute approximate surface area is 312 Å². The van der Waals surface area contributed by atoms with Crippen molar-refractivity contribution in [3.8, 4) is 0 Å². The number of nitrogens with two attached hydrogens (primary N) is 1. The molecule has 0 saturated carbocycles. The third kappa shape index (κ3) is 37.8. The lowest BCUT2D eigenvalue weighted by molar-refractivity contribution is -0.161. The second-order valence-corrected chi connectivity index (χ2v) is 14.9. The molecule has 0 bridgehead atoms. The van der Waals surface area contributed by atoms with Gasteiger partial charge in [0.1, 0.15) is 6.61 Å². The number of rotatable bonds is 38. The van der Waals surface area contributed by atoms with Crippen LogP contribution >= 0.6 is 7.82 Å². The lowest BCUT2D eigenvalue weighted by Crippen LogP contribution is -2.29. The molecule has 51 heavy (non-hydrogen) atoms. The maximum absolute atomic E-state index is 12.5. The molecular formula is C41H76NO8P. The van der Waals surface area contributed by atoms with E-state index < -0.39 is 32.5 Å². The molecule has 0 heterocycles. The van der Waals surface area contributed by atoms with Crippen LogP contribution in [0.1, 0.15) is 181 Å². The van der Waals surface area contributed by atoms with Gasteiger partial charge in [0.25, 0.3) is 0 Å². The first-order valence-corrected chi connectivity index (χ1v) is 22.0. The van der Waals surface area contributed by atoms with E-state index in [0.717, 1.165) is 70.6 Å². The third-order valence-electron chi connectivity index (χ3n) is 8.50. The molecule has 0 rings (SSSR count). The van der Waals surface area contributed by atoms with Gasteiger partial charge in [0.15, 0.2) is 6.10 Å². The van der Waals surface area contributed by atoms with E-state index in [4.69, 9.17) is 24.3 Å². The van der Waals surface area contributed by atoms with Crippen LogP contribution in [0.3, 0.4) is 0 Å². The van der Waals surface area contributed by atoms with Gasteiger partial charge in [0.05, 0.1) is 13.2 Å². The monoisotopic (exact) mass is 742 g/mol. The molecule has 0 aliphatic rings. The van der Waals surface area contributed by atoms with Crippen LogP contribution < -0.4 is 5.73 Å². The molecule has 0 radical (unpaired) electrons. The minimum atomic E-state index is -4.38. The largest absolute Gasteiger partial charge is 0.472 e. The number of unbranched alkanes of at least 4 members (excludes halogenated alkanes) is 19. The molecule has 0 amide bonds. The van der Waals surface area contributed by atoms with Gasteiger partial charge in [-0.25, -0.2) is 4.57 Å². The predicted molar refractivity (Wildman–Crippen MR) is 210 cm³/mol. The summed E-state index contributed by atoms with van der Waals surface area (Å²) >= 11 is 0. The Morgan fingerprint density at radius 2 is 1.02 bits per heavy atom. The van der Waals surface area contributed by atoms with E-state index >= 15 is 0 Å². The van der Waals surface area contributed by atoms with Gasteiger partial charge in [0.2, 0.25) is 0 Å². The topological polar surface area (TPSA) is 134 Å². The number of carbonyl (C=O) groups is 2. The van der Waals surface area contributed by atoms with Crippen LogP contribution in [0.25, 0.3) is 0 Å². The highest BCUT2D eigenvalue weighted by molar-refractivity contribution is 7.47. The quantitative estimate of drug-likeness (QED) is 0.0274. The molecule has 0 aliphatic heterocycles. The highest BCUT2D eigenvalue weighted by Crippen LogP contribution is 2.43. The first-order valence-electron chi connectivity index (χ1n) is 20.5. The molecule has 3 N–H and O–H groups in total. The molecular weight excluding hydrogens is 665 g/mol. The van der Waals surface area contributed by atoms with Crippen molar-refractivity contribution in [2.45, 2.75) is 187 Å². The van der Waals surface area contributed by atoms with E-state index in [1.807, 2.05) is 0 Å². The van der Waals surface area contributed by atoms with Crippen molar-refractivity contribution in [2.24, 2.45) is 5.73 Å². The van der Waals surface area contributed by atoms with Crippen LogP contribution in [0.15, 0.2) is 36.5 Å². The van der Waals surface area contributed by atoms with Gasteiger partial charge in [-0.2, -0.15) is 0 Å². The highest BCUT2D eigenvalue weighted by atomic mass is 31.2. The lowest BCUT2D eigenvalue weighted by atomic mass is 10.1. The van der Waals surface area contributed by atoms with Crippen molar-refractivity contribution in [2.75, 3.05) is 26.4 Å². The Morgan fingerprint density at radius 1 is 0.588 bits per heavy atom. The Morgan fingerprint density at radius 3 is 1.55 bits per heavy atom. The first-order chi connectivity index (χ1) is 24.8. The SMILES string of the molecule is CCCCC/C=C\C/C=C\CCCCCCCCCC(=O)OC[C@H](COP(=O)(O)OCCN)OC(=O)CCCCCCC/C=C\CCCCCC. The fourth-order valence-corrected chi connectivity index (χ4v) is 6.19. The summed E-state index contributed by atoms with van der Waals surface area (Å²) in [6, 6.07) is 0. The van der Waals surface area contributed by atoms with Crippen molar-refractivity contribution in [1.29, 1.82) is 0 Å². The Bertz CT molecular complexity index is 939. The zero-order valence-electron chi connectivity index (χ0n) is 32.6. The summed E-state index contributed by atoms with van der Waals surface area (Å²) in [4.78, 5) is 34.8. The second kappa shape index (κ2) is 38.0. The van der Waals surface area contributed by atoms with Gasteiger partial charge >= 0.3 is 19.8 Å². The summed E-state index contributed by atoms with van der Waals surface area (Å²) in [7, 11) is -4.38. The van der Waals surface area contributed by atoms with E-state index in [2.05, 4.69) is 50.3 Å². The smallest absolute Gasteiger partial charge is 0.462 e. The van der Waals surface area contributed by atoms with Gasteiger partial charge in [-0.3, -0.25) is 18.6 Å². The molecule has 0 saturated heterocycles. The van der Waals surface area contributed by atoms with E-state index in [1.54, 1.807) is 0 Å². The Kier molecular flexibility index (Phi) is 36.7. The van der Waals surface area contributed by atoms with Crippen molar-refractivity contribution in [3.05, 3.63) is 36.5 Å². The molecule has 0 aromatic rings. The second-order valence-electron chi connectivity index (χ2n) is 13.5. The van der Waals surface area contributed by atoms with Crippen molar-refractivity contribution in [3.63, 3.8) is 0 Å². The van der Waals surface area contributed by atoms with Gasteiger partial charge in [-0.05, 0) is 70.6 Å². The minimum absolute atomic E-state index is 0.0505. The molecule has 0 spiro atoms. The summed E-state index contributed by atoms with van der Waals surface area (Å²) in [6.45, 7) is 3.67. The number of esters is 2. The van der Waals surface area contributed by atoms with E-state index in [9.17, 15) is 19.0 Å². The third-order valence-corrected chi connectivity index (χ3v) is 9.48. The molecule has 298 valence electrons. The molecule has 0 aromatic carbocycles. The summed E-state index contributed by atoms with van der Waals surface area (Å²) in [5, 5.41) is 0. The normalized spacial score (nSPS) is 13.7. The fourth-order valence-electron chi connectivity index (χ4n) is 5.42. The van der Waals surface area contributed by atoms with Crippen LogP contribution in [0, 0.1) is 0 Å². The lowest BCUT2D eigenvalue weighted by Gasteiger charge is -2.19. The number of ether oxygens (including phenoxy) is 2. The van der Waals surface area contributed by atoms with Crippen LogP contribution in [-0.2, 0) is 32.7 Å². The summed E-state index contributed by atoms with van der Waals surface area (Å²) < 4.78 is 32.7. The number of phosphoric acid groups is 1. The van der Waals surface area contributed by atoms with Crippen LogP contribution in [0.5, 0.6) is 0 Å². The number of carbonyl (C=O) groups excluding carboxylic acids is 2. The average Bonchev–Trinajstić information content (AvgIpc) is 3.11. The van der Waals surface area contributed by atoms with Gasteiger partial charge < -0.3 is 20.1 Å². The van der Waals surface area contributed by atoms with Gasteiger partial charge in [0, 0.05) is 19.4 Å². The molecule has 1 unspecified atom stereocenters. The Hall–Kier alpha value is -1.77. The Balaban J connectivity index is 4.19. The zero-order chi connectivity index (χ0) is 37.5. The van der Waals surface area contributed by atoms with Gasteiger partial charge in [-0.15, -0.1) is 0 Å². The van der Waals surface area contributed by atoms with Crippen LogP contribution in [0.4, 0.5) is 0 Å². The zero-order valence-corrected chi connectivity index (χ0v) is 33.5. The molecule has 0 aliphatic carbocycles. The predicted octanol–water partition coefficient (Wildman–Crippen LogP) is 11.4. The number of hydrogen-bond acceptors (Lipinski definition) is 8. The van der Waals surface area contributed by atoms with Crippen molar-refractivity contribution in [1.82, 2.24) is 0 Å². The summed E-state index contributed by atoms with van der Waals surface area (Å²) in [6.07, 6.45) is 40.2. The van der Waals surface area contributed by atoms with E-state index in [-0.39, 0.29) is 32.6 Å². The minimum Gasteiger partial charge on any atom is -0.462 e. The average molecular weight is 742 g/mol. The fraction of sp³-hybridized carbons (Fsp3) is 0.805. The number of hydrogen-bond donors (Lipinski definition) is 2. The van der Waals surface area contributed by atoms with E-state index in [0.29, 0.717) is 6.42 Å². The standard InChI is InChI=1S/C41H76NO8P/c1-3-5-7-9-11-13-15-17-18-19-20-22-23-25-27-29-31-33-40(43)47-37-39(38-49-51(45,46)48-36-35-42)50-41(44)34-32-30-28-26-24-21-16-14-12-10-8-6-4-2/h11,13-14,16-18,39H,3-10,12,15,19-38,42H2,1-2H3,(H,45,46)/b13-11-,16-14-,18-17-/t39-/m1/s1. The number of phosphoric ester groups is 1. The van der Waals surface area contributed by atoms with Crippen LogP contribution in [0.2, 0.25) is 0 Å². The summed E-state index contributed by atoms with van der Waals surface area (Å²) in [5.74, 6) is -0.848. The number of allylic oxidation sites excluding steroid dienone is 6. The molecule has 10 heteroatoms. The van der Waals surface area contributed by atoms with Crippen LogP contribution in [-0.4, -0.2) is 49.3 Å². The molecule has 0 fully saturated rings. The molecule has 9 nitrogen and oxygen atoms in total. The van der Waals surface area contributed by atoms with Crippen molar-refractivity contribution >= 4 is 19.8 Å². The highest BCUT2D eigenvalue weighted by Gasteiger charge is 2.25. The van der Waals surface area contributed by atoms with E-state index in [1.165, 1.54) is 77.0 Å². The maximum Gasteiger partial charge on any atom is 0.472 e. The first kappa shape index (κ1) is 49.2. The van der Waals surface area contributed by atoms with Crippen molar-refractivity contribution < 1.29 is 37.6 Å². The molecule has 0 aromatic heterocycles. The summed E-state index contributed by atoms with van der Waals surface area (Å²) in [5.41, 5.74) is 5.34. The maximum atomic E-state index is 12.5. The van der Waals surface area contributed by atoms with Gasteiger partial charge in [-0.1, -0.05) is 134 Å².